The number of hydrogen-bond donors (Lipinski definition) is 1. The van der Waals surface area contributed by atoms with Crippen molar-refractivity contribution in [3.05, 3.63) is 167 Å². The fourth-order valence-corrected chi connectivity index (χ4v) is 7.59. The molecule has 0 aliphatic heterocycles. The zero-order chi connectivity index (χ0) is 52.0. The van der Waals surface area contributed by atoms with Crippen LogP contribution in [-0.4, -0.2) is 19.6 Å². The minimum Gasteiger partial charge on any atom is -0.507 e. The van der Waals surface area contributed by atoms with Gasteiger partial charge in [-0.3, -0.25) is 9.55 Å². The van der Waals surface area contributed by atoms with Crippen molar-refractivity contribution in [2.75, 3.05) is 0 Å². The van der Waals surface area contributed by atoms with Gasteiger partial charge in [-0.1, -0.05) is 153 Å². The van der Waals surface area contributed by atoms with Crippen LogP contribution in [-0.2, 0) is 5.41 Å². The standard InChI is InChI=1S/C56H57N3O/c1-34(2)41-25-43(38-15-12-11-13-16-38)30-47(29-41)59-52-18-14-17-48(53(52)58-55(59)50-32-42(35(3)4)31-49(36(5)6)54(50)60)44-26-45(28-46(27-44)56(8,9)10)51-33-40(23-24-57-51)39-21-19-37(7)20-22-39/h11-36,60H,1-10H3/i7D3,19D,20D,21D,22D,23D,24D,33D,34D. The van der Waals surface area contributed by atoms with Crippen LogP contribution in [0, 0.1) is 6.85 Å². The summed E-state index contributed by atoms with van der Waals surface area (Å²) in [6.07, 6.45) is -0.576. The lowest BCUT2D eigenvalue weighted by molar-refractivity contribution is 0.466. The topological polar surface area (TPSA) is 50.9 Å². The van der Waals surface area contributed by atoms with Crippen LogP contribution < -0.4 is 0 Å². The van der Waals surface area contributed by atoms with Crippen molar-refractivity contribution < 1.29 is 20.2 Å². The Morgan fingerprint density at radius 1 is 0.667 bits per heavy atom. The molecule has 4 heteroatoms. The van der Waals surface area contributed by atoms with Crippen molar-refractivity contribution in [2.24, 2.45) is 0 Å². The maximum absolute atomic E-state index is 12.3. The van der Waals surface area contributed by atoms with Crippen LogP contribution in [0.5, 0.6) is 5.75 Å². The fourth-order valence-electron chi connectivity index (χ4n) is 7.59. The van der Waals surface area contributed by atoms with Crippen molar-refractivity contribution in [2.45, 2.75) is 92.3 Å². The minimum atomic E-state index is -2.97. The second kappa shape index (κ2) is 16.1. The highest BCUT2D eigenvalue weighted by Crippen LogP contribution is 2.44. The summed E-state index contributed by atoms with van der Waals surface area (Å²) in [5.41, 5.74) is 7.40. The lowest BCUT2D eigenvalue weighted by Crippen LogP contribution is -2.11. The molecule has 0 fully saturated rings. The van der Waals surface area contributed by atoms with Gasteiger partial charge >= 0.3 is 0 Å². The maximum atomic E-state index is 12.3. The van der Waals surface area contributed by atoms with E-state index in [4.69, 9.17) is 17.3 Å². The quantitative estimate of drug-likeness (QED) is 0.158. The highest BCUT2D eigenvalue weighted by Gasteiger charge is 2.25. The number of para-hydroxylation sites is 1. The summed E-state index contributed by atoms with van der Waals surface area (Å²) in [7, 11) is 0. The molecule has 0 radical (unpaired) electrons. The number of benzene rings is 6. The molecular formula is C56H57N3O. The molecule has 8 rings (SSSR count). The number of pyridine rings is 1. The Kier molecular flexibility index (Phi) is 7.78. The number of nitrogens with zero attached hydrogens (tertiary/aromatic N) is 3. The van der Waals surface area contributed by atoms with Gasteiger partial charge in [0.15, 0.2) is 0 Å². The summed E-state index contributed by atoms with van der Waals surface area (Å²) in [5.74, 6) is -0.288. The van der Waals surface area contributed by atoms with E-state index in [0.717, 1.165) is 39.1 Å². The lowest BCUT2D eigenvalue weighted by atomic mass is 9.83. The van der Waals surface area contributed by atoms with Gasteiger partial charge in [0.1, 0.15) is 11.6 Å². The van der Waals surface area contributed by atoms with Crippen LogP contribution in [0.25, 0.3) is 72.7 Å². The van der Waals surface area contributed by atoms with Crippen LogP contribution >= 0.6 is 0 Å². The van der Waals surface area contributed by atoms with E-state index in [2.05, 4.69) is 31.0 Å². The van der Waals surface area contributed by atoms with Crippen molar-refractivity contribution in [1.82, 2.24) is 14.5 Å². The van der Waals surface area contributed by atoms with Crippen molar-refractivity contribution in [1.29, 1.82) is 0 Å². The molecular weight excluding hydrogens is 731 g/mol. The van der Waals surface area contributed by atoms with E-state index in [1.807, 2.05) is 138 Å². The molecule has 302 valence electrons. The van der Waals surface area contributed by atoms with Crippen LogP contribution in [0.3, 0.4) is 0 Å². The molecule has 2 aromatic heterocycles. The molecule has 8 aromatic rings. The van der Waals surface area contributed by atoms with Gasteiger partial charge in [-0.25, -0.2) is 4.98 Å². The van der Waals surface area contributed by atoms with E-state index in [0.29, 0.717) is 39.1 Å². The van der Waals surface area contributed by atoms with Crippen molar-refractivity contribution >= 4 is 11.0 Å². The smallest absolute Gasteiger partial charge is 0.149 e. The number of aromatic hydroxyl groups is 1. The van der Waals surface area contributed by atoms with Crippen LogP contribution in [0.1, 0.15) is 123 Å². The zero-order valence-corrected chi connectivity index (χ0v) is 35.7. The van der Waals surface area contributed by atoms with E-state index < -0.39 is 71.7 Å². The summed E-state index contributed by atoms with van der Waals surface area (Å²) in [6, 6.07) is 27.6. The van der Waals surface area contributed by atoms with Crippen molar-refractivity contribution in [3.8, 4) is 67.5 Å². The Labute approximate surface area is 372 Å². The lowest BCUT2D eigenvalue weighted by Gasteiger charge is -2.22. The number of phenols is 1. The third-order valence-electron chi connectivity index (χ3n) is 11.1. The van der Waals surface area contributed by atoms with E-state index in [1.165, 1.54) is 0 Å². The molecule has 0 amide bonds. The predicted molar refractivity (Wildman–Crippen MR) is 253 cm³/mol. The van der Waals surface area contributed by atoms with Crippen LogP contribution in [0.15, 0.2) is 139 Å². The van der Waals surface area contributed by atoms with Gasteiger partial charge in [-0.2, -0.15) is 0 Å². The molecule has 0 unspecified atom stereocenters. The molecule has 0 aliphatic carbocycles. The molecule has 0 spiro atoms. The number of fused-ring (bicyclic) bond motifs is 1. The molecule has 0 saturated carbocycles. The van der Waals surface area contributed by atoms with E-state index in [-0.39, 0.29) is 28.8 Å². The Hall–Kier alpha value is -6.26. The average Bonchev–Trinajstić information content (AvgIpc) is 3.69. The van der Waals surface area contributed by atoms with E-state index >= 15 is 0 Å². The Morgan fingerprint density at radius 3 is 2.10 bits per heavy atom. The summed E-state index contributed by atoms with van der Waals surface area (Å²) in [4.78, 5) is 9.92. The van der Waals surface area contributed by atoms with Crippen LogP contribution in [0.4, 0.5) is 0 Å². The Bertz CT molecular complexity index is 3390. The highest BCUT2D eigenvalue weighted by molar-refractivity contribution is 5.97. The minimum absolute atomic E-state index is 0.0158. The number of hydrogen-bond acceptors (Lipinski definition) is 3. The molecule has 1 N–H and O–H groups in total. The summed E-state index contributed by atoms with van der Waals surface area (Å²) in [6.45, 7) is 15.2. The number of imidazole rings is 1. The number of aromatic nitrogens is 3. The zero-order valence-electron chi connectivity index (χ0n) is 46.7. The largest absolute Gasteiger partial charge is 0.507 e. The Morgan fingerprint density at radius 2 is 1.42 bits per heavy atom. The van der Waals surface area contributed by atoms with Crippen molar-refractivity contribution in [3.63, 3.8) is 0 Å². The highest BCUT2D eigenvalue weighted by atomic mass is 16.3. The first-order valence-electron chi connectivity index (χ1n) is 25.9. The number of rotatable bonds is 9. The first-order chi connectivity index (χ1) is 33.1. The second-order valence-electron chi connectivity index (χ2n) is 17.4. The van der Waals surface area contributed by atoms with E-state index in [1.54, 1.807) is 0 Å². The monoisotopic (exact) mass is 799 g/mol. The van der Waals surface area contributed by atoms with Gasteiger partial charge in [0.05, 0.1) is 31.9 Å². The van der Waals surface area contributed by atoms with Gasteiger partial charge in [0, 0.05) is 28.5 Å². The summed E-state index contributed by atoms with van der Waals surface area (Å²) < 4.78 is 97.3. The van der Waals surface area contributed by atoms with Gasteiger partial charge in [-0.15, -0.1) is 0 Å². The molecule has 0 aliphatic rings. The fraction of sp³-hybridized carbons (Fsp3) is 0.250. The molecule has 0 atom stereocenters. The van der Waals surface area contributed by atoms with Gasteiger partial charge < -0.3 is 5.11 Å². The summed E-state index contributed by atoms with van der Waals surface area (Å²) >= 11 is 0. The average molecular weight is 799 g/mol. The SMILES string of the molecule is [2H]c1nc(-c2cc(-c3cccc4c3nc(-c3cc(C(C)C)cc(C(C)C)c3O)n4-c3cc(-c4ccccc4)cc(C([2H])(C)C)c3)cc(C(C)(C)C)c2)c([2H])c(-c2c([2H])c([2H])c(C([2H])([2H])[2H])c([2H])c2[2H])c1[2H]. The molecule has 2 heterocycles. The normalized spacial score (nSPS) is 15.0. The molecule has 0 saturated heterocycles. The van der Waals surface area contributed by atoms with Gasteiger partial charge in [0.25, 0.3) is 0 Å². The van der Waals surface area contributed by atoms with Crippen LogP contribution in [0.2, 0.25) is 0 Å². The molecule has 60 heavy (non-hydrogen) atoms. The van der Waals surface area contributed by atoms with Gasteiger partial charge in [0.2, 0.25) is 0 Å². The summed E-state index contributed by atoms with van der Waals surface area (Å²) in [5, 5.41) is 12.3. The maximum Gasteiger partial charge on any atom is 0.149 e. The third-order valence-corrected chi connectivity index (χ3v) is 11.1. The molecule has 4 nitrogen and oxygen atoms in total. The first-order valence-corrected chi connectivity index (χ1v) is 20.4. The third kappa shape index (κ3) is 7.91. The first kappa shape index (κ1) is 29.0. The Balaban J connectivity index is 1.46. The van der Waals surface area contributed by atoms with E-state index in [9.17, 15) is 7.85 Å². The number of phenolic OH excluding ortho intramolecular Hbond substituents is 1. The van der Waals surface area contributed by atoms with Gasteiger partial charge in [-0.05, 0) is 129 Å². The molecule has 0 bridgehead atoms. The second-order valence-corrected chi connectivity index (χ2v) is 17.4. The predicted octanol–water partition coefficient (Wildman–Crippen LogP) is 15.4. The molecule has 6 aromatic carbocycles.